The predicted octanol–water partition coefficient (Wildman–Crippen LogP) is 4.76. The molecule has 0 radical (unpaired) electrons. The first kappa shape index (κ1) is 24.3. The highest BCUT2D eigenvalue weighted by molar-refractivity contribution is 5.93. The van der Waals surface area contributed by atoms with Gasteiger partial charge in [0.2, 0.25) is 6.79 Å². The summed E-state index contributed by atoms with van der Waals surface area (Å²) in [7, 11) is 1.65. The topological polar surface area (TPSA) is 85.2 Å². The minimum absolute atomic E-state index is 0.0482. The van der Waals surface area contributed by atoms with Crippen LogP contribution in [0.3, 0.4) is 0 Å². The normalized spacial score (nSPS) is 15.8. The number of pyridine rings is 1. The summed E-state index contributed by atoms with van der Waals surface area (Å²) in [5, 5.41) is 4.82. The van der Waals surface area contributed by atoms with Crippen molar-refractivity contribution in [1.82, 2.24) is 19.7 Å². The number of ether oxygens (including phenoxy) is 3. The second kappa shape index (κ2) is 9.48. The lowest BCUT2D eigenvalue weighted by Crippen LogP contribution is -2.31. The minimum atomic E-state index is -0.0482. The highest BCUT2D eigenvalue weighted by Gasteiger charge is 2.32. The quantitative estimate of drug-likeness (QED) is 0.350. The number of amides is 2. The number of benzene rings is 2. The van der Waals surface area contributed by atoms with Gasteiger partial charge in [0.05, 0.1) is 7.11 Å². The second-order valence-corrected chi connectivity index (χ2v) is 10.3. The van der Waals surface area contributed by atoms with Gasteiger partial charge in [0, 0.05) is 67.1 Å². The van der Waals surface area contributed by atoms with E-state index in [9.17, 15) is 4.79 Å². The van der Waals surface area contributed by atoms with Crippen molar-refractivity contribution >= 4 is 23.2 Å². The molecule has 1 saturated heterocycles. The molecule has 0 saturated carbocycles. The smallest absolute Gasteiger partial charge is 0.326 e. The van der Waals surface area contributed by atoms with Gasteiger partial charge in [-0.25, -0.2) is 14.5 Å². The fraction of sp³-hybridized carbons (Fsp3) is 0.300. The van der Waals surface area contributed by atoms with Gasteiger partial charge in [-0.1, -0.05) is 12.1 Å². The summed E-state index contributed by atoms with van der Waals surface area (Å²) in [6.07, 6.45) is 2.73. The standard InChI is InChI=1S/C30H30N6O4/c1-19-14-26-27(40-18-39-26)16-24(19)34-10-8-23-25(34)15-20(2)31-29(23)36-11-9-28(32-36)35-13-12-33(30(35)37)17-21-4-6-22(38-3)7-5-21/h4-7,9,11,14-16H,8,10,12-13,17-18H2,1-3H3. The summed E-state index contributed by atoms with van der Waals surface area (Å²) in [6, 6.07) is 15.9. The lowest BCUT2D eigenvalue weighted by molar-refractivity contribution is 0.174. The van der Waals surface area contributed by atoms with Crippen molar-refractivity contribution in [3.8, 4) is 23.1 Å². The van der Waals surface area contributed by atoms with Crippen molar-refractivity contribution in [3.05, 3.63) is 77.1 Å². The average molecular weight is 539 g/mol. The van der Waals surface area contributed by atoms with Crippen LogP contribution in [0.5, 0.6) is 17.2 Å². The van der Waals surface area contributed by atoms with Gasteiger partial charge in [-0.05, 0) is 55.7 Å². The van der Waals surface area contributed by atoms with Crippen LogP contribution in [0.4, 0.5) is 22.0 Å². The first-order valence-electron chi connectivity index (χ1n) is 13.4. The molecule has 2 aromatic carbocycles. The van der Waals surface area contributed by atoms with Crippen LogP contribution in [-0.4, -0.2) is 59.2 Å². The number of rotatable bonds is 6. The number of carbonyl (C=O) groups is 1. The molecule has 3 aliphatic rings. The fourth-order valence-corrected chi connectivity index (χ4v) is 5.72. The van der Waals surface area contributed by atoms with E-state index in [0.29, 0.717) is 25.5 Å². The molecule has 5 heterocycles. The monoisotopic (exact) mass is 538 g/mol. The zero-order chi connectivity index (χ0) is 27.4. The molecule has 3 aliphatic heterocycles. The number of nitrogens with zero attached hydrogens (tertiary/aromatic N) is 6. The predicted molar refractivity (Wildman–Crippen MR) is 150 cm³/mol. The highest BCUT2D eigenvalue weighted by Crippen LogP contribution is 2.44. The number of aromatic nitrogens is 3. The molecule has 0 unspecified atom stereocenters. The molecule has 40 heavy (non-hydrogen) atoms. The minimum Gasteiger partial charge on any atom is -0.497 e. The van der Waals surface area contributed by atoms with Crippen LogP contribution in [0.25, 0.3) is 5.82 Å². The van der Waals surface area contributed by atoms with Gasteiger partial charge in [0.1, 0.15) is 5.75 Å². The third-order valence-corrected chi connectivity index (χ3v) is 7.76. The summed E-state index contributed by atoms with van der Waals surface area (Å²) < 4.78 is 18.3. The van der Waals surface area contributed by atoms with Gasteiger partial charge in [-0.15, -0.1) is 5.10 Å². The Bertz CT molecular complexity index is 1620. The SMILES string of the molecule is COc1ccc(CN2CCN(c3ccn(-c4nc(C)cc5c4CCN5c4cc5c(cc4C)OCO5)n3)C2=O)cc1. The maximum Gasteiger partial charge on any atom is 0.326 e. The van der Waals surface area contributed by atoms with Gasteiger partial charge in [0.25, 0.3) is 0 Å². The second-order valence-electron chi connectivity index (χ2n) is 10.3. The Morgan fingerprint density at radius 2 is 1.73 bits per heavy atom. The van der Waals surface area contributed by atoms with E-state index >= 15 is 0 Å². The third-order valence-electron chi connectivity index (χ3n) is 7.76. The molecule has 0 spiro atoms. The summed E-state index contributed by atoms with van der Waals surface area (Å²) in [4.78, 5) is 24.0. The van der Waals surface area contributed by atoms with E-state index in [1.54, 1.807) is 16.7 Å². The van der Waals surface area contributed by atoms with Crippen LogP contribution < -0.4 is 24.0 Å². The van der Waals surface area contributed by atoms with E-state index in [1.807, 2.05) is 54.4 Å². The Hall–Kier alpha value is -4.73. The maximum absolute atomic E-state index is 13.3. The van der Waals surface area contributed by atoms with Crippen LogP contribution in [0, 0.1) is 13.8 Å². The molecule has 2 amide bonds. The van der Waals surface area contributed by atoms with Crippen molar-refractivity contribution in [2.75, 3.05) is 43.3 Å². The van der Waals surface area contributed by atoms with Gasteiger partial charge in [-0.3, -0.25) is 4.90 Å². The van der Waals surface area contributed by atoms with E-state index in [1.165, 1.54) is 0 Å². The molecule has 4 aromatic rings. The molecule has 2 aromatic heterocycles. The van der Waals surface area contributed by atoms with Crippen molar-refractivity contribution < 1.29 is 19.0 Å². The van der Waals surface area contributed by atoms with Crippen LogP contribution in [-0.2, 0) is 13.0 Å². The van der Waals surface area contributed by atoms with E-state index in [4.69, 9.17) is 24.3 Å². The van der Waals surface area contributed by atoms with Crippen LogP contribution in [0.15, 0.2) is 54.7 Å². The van der Waals surface area contributed by atoms with Gasteiger partial charge in [-0.2, -0.15) is 0 Å². The maximum atomic E-state index is 13.3. The molecule has 10 heteroatoms. The Labute approximate surface area is 232 Å². The molecule has 0 aliphatic carbocycles. The number of methoxy groups -OCH3 is 1. The molecule has 0 atom stereocenters. The van der Waals surface area contributed by atoms with Crippen molar-refractivity contribution in [2.24, 2.45) is 0 Å². The van der Waals surface area contributed by atoms with E-state index in [2.05, 4.69) is 24.0 Å². The van der Waals surface area contributed by atoms with Crippen LogP contribution in [0.2, 0.25) is 0 Å². The molecule has 204 valence electrons. The number of hydrogen-bond donors (Lipinski definition) is 0. The molecular formula is C30H30N6O4. The highest BCUT2D eigenvalue weighted by atomic mass is 16.7. The average Bonchev–Trinajstić information content (AvgIpc) is 3.76. The summed E-state index contributed by atoms with van der Waals surface area (Å²) >= 11 is 0. The molecule has 10 nitrogen and oxygen atoms in total. The number of urea groups is 1. The Balaban J connectivity index is 1.14. The van der Waals surface area contributed by atoms with Crippen molar-refractivity contribution in [2.45, 2.75) is 26.8 Å². The lowest BCUT2D eigenvalue weighted by Gasteiger charge is -2.23. The molecule has 0 N–H and O–H groups in total. The molecule has 7 rings (SSSR count). The van der Waals surface area contributed by atoms with Gasteiger partial charge >= 0.3 is 6.03 Å². The van der Waals surface area contributed by atoms with Crippen LogP contribution >= 0.6 is 0 Å². The fourth-order valence-electron chi connectivity index (χ4n) is 5.72. The Morgan fingerprint density at radius 1 is 0.925 bits per heavy atom. The van der Waals surface area contributed by atoms with Gasteiger partial charge in [0.15, 0.2) is 23.1 Å². The summed E-state index contributed by atoms with van der Waals surface area (Å²) in [5.41, 5.74) is 6.43. The number of aryl methyl sites for hydroxylation is 2. The largest absolute Gasteiger partial charge is 0.497 e. The van der Waals surface area contributed by atoms with Gasteiger partial charge < -0.3 is 24.0 Å². The summed E-state index contributed by atoms with van der Waals surface area (Å²) in [5.74, 6) is 3.78. The molecule has 0 bridgehead atoms. The summed E-state index contributed by atoms with van der Waals surface area (Å²) in [6.45, 7) is 6.94. The van der Waals surface area contributed by atoms with Crippen molar-refractivity contribution in [3.63, 3.8) is 0 Å². The van der Waals surface area contributed by atoms with Crippen LogP contribution in [0.1, 0.15) is 22.4 Å². The zero-order valence-corrected chi connectivity index (χ0v) is 22.8. The zero-order valence-electron chi connectivity index (χ0n) is 22.8. The number of fused-ring (bicyclic) bond motifs is 2. The lowest BCUT2D eigenvalue weighted by atomic mass is 10.1. The number of carbonyl (C=O) groups excluding carboxylic acids is 1. The van der Waals surface area contributed by atoms with Crippen molar-refractivity contribution in [1.29, 1.82) is 0 Å². The van der Waals surface area contributed by atoms with E-state index < -0.39 is 0 Å². The first-order chi connectivity index (χ1) is 19.5. The number of hydrogen-bond acceptors (Lipinski definition) is 7. The molecule has 1 fully saturated rings. The van der Waals surface area contributed by atoms with E-state index in [-0.39, 0.29) is 12.8 Å². The Morgan fingerprint density at radius 3 is 2.52 bits per heavy atom. The van der Waals surface area contributed by atoms with E-state index in [0.717, 1.165) is 69.8 Å². The Kier molecular flexibility index (Phi) is 5.76. The molecular weight excluding hydrogens is 508 g/mol. The third kappa shape index (κ3) is 4.07. The number of anilines is 3. The first-order valence-corrected chi connectivity index (χ1v) is 13.4.